The van der Waals surface area contributed by atoms with Crippen molar-refractivity contribution in [3.63, 3.8) is 0 Å². The van der Waals surface area contributed by atoms with Crippen LogP contribution in [0.4, 0.5) is 0 Å². The smallest absolute Gasteiger partial charge is 0.253 e. The molecule has 0 bridgehead atoms. The van der Waals surface area contributed by atoms with Gasteiger partial charge in [0.15, 0.2) is 0 Å². The van der Waals surface area contributed by atoms with Gasteiger partial charge in [0.25, 0.3) is 5.91 Å². The molecule has 0 atom stereocenters. The molecule has 0 saturated carbocycles. The summed E-state index contributed by atoms with van der Waals surface area (Å²) in [7, 11) is 0. The number of amides is 1. The third-order valence-electron chi connectivity index (χ3n) is 3.49. The van der Waals surface area contributed by atoms with Crippen LogP contribution in [0.2, 0.25) is 0 Å². The van der Waals surface area contributed by atoms with Gasteiger partial charge in [0.05, 0.1) is 11.3 Å². The predicted octanol–water partition coefficient (Wildman–Crippen LogP) is 5.04. The number of thioether (sulfide) groups is 1. The van der Waals surface area contributed by atoms with E-state index in [4.69, 9.17) is 0 Å². The molecule has 124 valence electrons. The van der Waals surface area contributed by atoms with Crippen molar-refractivity contribution in [1.29, 1.82) is 0 Å². The average molecular weight is 330 g/mol. The Balaban J connectivity index is 2.53. The first kappa shape index (κ1) is 19.2. The number of hydrogen-bond donors (Lipinski definition) is 1. The van der Waals surface area contributed by atoms with E-state index in [0.717, 1.165) is 16.2 Å². The maximum atomic E-state index is 12.1. The van der Waals surface area contributed by atoms with E-state index >= 15 is 0 Å². The number of carbonyl (C=O) groups is 1. The van der Waals surface area contributed by atoms with Crippen LogP contribution in [0.3, 0.4) is 0 Å². The van der Waals surface area contributed by atoms with E-state index in [9.17, 15) is 4.79 Å². The summed E-state index contributed by atoms with van der Waals surface area (Å²) in [5.74, 6) is -0.149. The van der Waals surface area contributed by atoms with Crippen molar-refractivity contribution < 1.29 is 4.79 Å². The number of rotatable bonds is 6. The quantitative estimate of drug-likeness (QED) is 0.794. The zero-order chi connectivity index (χ0) is 17.6. The highest BCUT2D eigenvalue weighted by molar-refractivity contribution is 8.05. The molecule has 1 aromatic heterocycles. The number of pyridine rings is 1. The maximum Gasteiger partial charge on any atom is 0.253 e. The molecule has 0 aliphatic heterocycles. The Hall–Kier alpha value is -1.81. The SMILES string of the molecule is C=C(CNC(=O)c1ccc(C(=C)C)nc1)S/C=C(\C)C(C)(C)C. The zero-order valence-electron chi connectivity index (χ0n) is 14.7. The van der Waals surface area contributed by atoms with Crippen LogP contribution >= 0.6 is 11.8 Å². The summed E-state index contributed by atoms with van der Waals surface area (Å²) in [4.78, 5) is 17.2. The minimum atomic E-state index is -0.149. The number of aromatic nitrogens is 1. The fourth-order valence-electron chi connectivity index (χ4n) is 1.45. The molecule has 4 heteroatoms. The molecular weight excluding hydrogens is 304 g/mol. The van der Waals surface area contributed by atoms with Gasteiger partial charge in [0, 0.05) is 17.6 Å². The molecule has 0 fully saturated rings. The Morgan fingerprint density at radius 1 is 1.30 bits per heavy atom. The molecule has 1 heterocycles. The second-order valence-corrected chi connectivity index (χ2v) is 7.65. The van der Waals surface area contributed by atoms with Gasteiger partial charge < -0.3 is 5.32 Å². The topological polar surface area (TPSA) is 42.0 Å². The molecule has 0 aliphatic rings. The van der Waals surface area contributed by atoms with Gasteiger partial charge in [0.1, 0.15) is 0 Å². The molecule has 0 spiro atoms. The van der Waals surface area contributed by atoms with Crippen molar-refractivity contribution >= 4 is 23.2 Å². The van der Waals surface area contributed by atoms with Crippen molar-refractivity contribution in [1.82, 2.24) is 10.3 Å². The van der Waals surface area contributed by atoms with Crippen LogP contribution in [-0.2, 0) is 0 Å². The lowest BCUT2D eigenvalue weighted by atomic mass is 9.89. The van der Waals surface area contributed by atoms with Crippen LogP contribution < -0.4 is 5.32 Å². The van der Waals surface area contributed by atoms with Crippen LogP contribution in [-0.4, -0.2) is 17.4 Å². The Bertz CT molecular complexity index is 622. The fraction of sp³-hybridized carbons (Fsp3) is 0.368. The summed E-state index contributed by atoms with van der Waals surface area (Å²) in [6.07, 6.45) is 1.57. The van der Waals surface area contributed by atoms with E-state index < -0.39 is 0 Å². The minimum absolute atomic E-state index is 0.146. The molecule has 1 aromatic rings. The number of carbonyl (C=O) groups excluding carboxylic acids is 1. The number of nitrogens with zero attached hydrogens (tertiary/aromatic N) is 1. The largest absolute Gasteiger partial charge is 0.347 e. The van der Waals surface area contributed by atoms with Gasteiger partial charge in [-0.15, -0.1) is 11.8 Å². The van der Waals surface area contributed by atoms with Crippen LogP contribution in [0.25, 0.3) is 5.57 Å². The predicted molar refractivity (Wildman–Crippen MR) is 101 cm³/mol. The van der Waals surface area contributed by atoms with E-state index in [1.54, 1.807) is 30.1 Å². The van der Waals surface area contributed by atoms with Gasteiger partial charge in [-0.25, -0.2) is 0 Å². The Morgan fingerprint density at radius 2 is 1.96 bits per heavy atom. The molecule has 0 aromatic carbocycles. The second kappa shape index (κ2) is 8.16. The van der Waals surface area contributed by atoms with Crippen molar-refractivity contribution in [3.8, 4) is 0 Å². The Kier molecular flexibility index (Phi) is 6.82. The first-order valence-electron chi connectivity index (χ1n) is 7.53. The summed E-state index contributed by atoms with van der Waals surface area (Å²) in [5, 5.41) is 4.95. The molecule has 23 heavy (non-hydrogen) atoms. The first-order valence-corrected chi connectivity index (χ1v) is 8.41. The van der Waals surface area contributed by atoms with E-state index in [1.165, 1.54) is 5.57 Å². The fourth-order valence-corrected chi connectivity index (χ4v) is 2.30. The van der Waals surface area contributed by atoms with Crippen molar-refractivity contribution in [3.05, 3.63) is 58.6 Å². The third kappa shape index (κ3) is 6.45. The van der Waals surface area contributed by atoms with Crippen LogP contribution in [0.15, 0.2) is 47.4 Å². The summed E-state index contributed by atoms with van der Waals surface area (Å²) < 4.78 is 0. The van der Waals surface area contributed by atoms with Crippen molar-refractivity contribution in [2.24, 2.45) is 5.41 Å². The van der Waals surface area contributed by atoms with Gasteiger partial charge >= 0.3 is 0 Å². The third-order valence-corrected chi connectivity index (χ3v) is 4.44. The summed E-state index contributed by atoms with van der Waals surface area (Å²) in [6, 6.07) is 3.56. The summed E-state index contributed by atoms with van der Waals surface area (Å²) in [5.41, 5.74) is 3.64. The molecular formula is C19H26N2OS. The molecule has 1 N–H and O–H groups in total. The average Bonchev–Trinajstić information content (AvgIpc) is 2.49. The van der Waals surface area contributed by atoms with Crippen molar-refractivity contribution in [2.45, 2.75) is 34.6 Å². The van der Waals surface area contributed by atoms with Gasteiger partial charge in [0.2, 0.25) is 0 Å². The summed E-state index contributed by atoms with van der Waals surface area (Å²) >= 11 is 1.56. The number of nitrogens with one attached hydrogen (secondary N) is 1. The standard InChI is InChI=1S/C19H26N2OS/c1-13(2)17-9-8-16(11-20-17)18(22)21-10-15(4)23-12-14(3)19(5,6)7/h8-9,11-12H,1,4,10H2,2-3,5-7H3,(H,21,22)/b14-12+. The van der Waals surface area contributed by atoms with E-state index in [0.29, 0.717) is 12.1 Å². The Labute approximate surface area is 144 Å². The van der Waals surface area contributed by atoms with Crippen LogP contribution in [0.1, 0.15) is 50.7 Å². The van der Waals surface area contributed by atoms with Gasteiger partial charge in [-0.1, -0.05) is 39.5 Å². The molecule has 0 unspecified atom stereocenters. The lowest BCUT2D eigenvalue weighted by Gasteiger charge is -2.19. The van der Waals surface area contributed by atoms with Gasteiger partial charge in [-0.3, -0.25) is 9.78 Å². The molecule has 3 nitrogen and oxygen atoms in total. The highest BCUT2D eigenvalue weighted by Crippen LogP contribution is 2.28. The molecule has 1 amide bonds. The second-order valence-electron chi connectivity index (χ2n) is 6.60. The van der Waals surface area contributed by atoms with Gasteiger partial charge in [-0.05, 0) is 42.4 Å². The van der Waals surface area contributed by atoms with E-state index in [1.807, 2.05) is 6.92 Å². The monoisotopic (exact) mass is 330 g/mol. The minimum Gasteiger partial charge on any atom is -0.347 e. The zero-order valence-corrected chi connectivity index (χ0v) is 15.5. The van der Waals surface area contributed by atoms with E-state index in [2.05, 4.69) is 56.6 Å². The first-order chi connectivity index (χ1) is 10.6. The maximum absolute atomic E-state index is 12.1. The van der Waals surface area contributed by atoms with E-state index in [-0.39, 0.29) is 11.3 Å². The number of hydrogen-bond acceptors (Lipinski definition) is 3. The lowest BCUT2D eigenvalue weighted by Crippen LogP contribution is -2.24. The number of allylic oxidation sites excluding steroid dienone is 2. The lowest BCUT2D eigenvalue weighted by molar-refractivity contribution is 0.0957. The highest BCUT2D eigenvalue weighted by Gasteiger charge is 2.12. The van der Waals surface area contributed by atoms with Gasteiger partial charge in [-0.2, -0.15) is 0 Å². The molecule has 1 rings (SSSR count). The molecule has 0 aliphatic carbocycles. The molecule has 0 saturated heterocycles. The van der Waals surface area contributed by atoms with Crippen LogP contribution in [0.5, 0.6) is 0 Å². The summed E-state index contributed by atoms with van der Waals surface area (Å²) in [6.45, 7) is 18.8. The van der Waals surface area contributed by atoms with Crippen LogP contribution in [0, 0.1) is 5.41 Å². The normalized spacial score (nSPS) is 12.0. The highest BCUT2D eigenvalue weighted by atomic mass is 32.2. The van der Waals surface area contributed by atoms with Crippen molar-refractivity contribution in [2.75, 3.05) is 6.54 Å². The molecule has 0 radical (unpaired) electrons. The Morgan fingerprint density at radius 3 is 2.43 bits per heavy atom.